The Balaban J connectivity index is 2.15. The molecule has 1 atom stereocenters. The third kappa shape index (κ3) is 4.68. The van der Waals surface area contributed by atoms with E-state index in [0.29, 0.717) is 32.7 Å². The molecule has 0 radical (unpaired) electrons. The minimum atomic E-state index is -0.716. The second-order valence-electron chi connectivity index (χ2n) is 6.19. The van der Waals surface area contributed by atoms with Crippen LogP contribution in [0.15, 0.2) is 18.2 Å². The number of hydrogen-bond donors (Lipinski definition) is 1. The fraction of sp³-hybridized carbons (Fsp3) is 0.529. The maximum absolute atomic E-state index is 13.9. The zero-order valence-electron chi connectivity index (χ0n) is 13.9. The molecule has 1 aliphatic rings. The number of carbonyl (C=O) groups is 2. The van der Waals surface area contributed by atoms with E-state index in [0.717, 1.165) is 0 Å². The summed E-state index contributed by atoms with van der Waals surface area (Å²) in [7, 11) is 0. The Morgan fingerprint density at radius 3 is 2.58 bits per heavy atom. The number of nitrogens with one attached hydrogen (secondary N) is 1. The van der Waals surface area contributed by atoms with Crippen LogP contribution in [0.25, 0.3) is 0 Å². The number of amides is 2. The van der Waals surface area contributed by atoms with Gasteiger partial charge in [0, 0.05) is 13.1 Å². The SMILES string of the molecule is CC(C)C[C@@H](NC(=O)c1c(F)cccc1Cl)C(=O)N1CCOCC1. The van der Waals surface area contributed by atoms with Gasteiger partial charge in [0.25, 0.3) is 5.91 Å². The van der Waals surface area contributed by atoms with Crippen LogP contribution in [-0.2, 0) is 9.53 Å². The normalized spacial score (nSPS) is 16.1. The molecule has 132 valence electrons. The van der Waals surface area contributed by atoms with Gasteiger partial charge in [0.05, 0.1) is 23.8 Å². The van der Waals surface area contributed by atoms with Crippen molar-refractivity contribution in [2.75, 3.05) is 26.3 Å². The van der Waals surface area contributed by atoms with Crippen LogP contribution in [0.1, 0.15) is 30.6 Å². The van der Waals surface area contributed by atoms with Gasteiger partial charge in [-0.1, -0.05) is 31.5 Å². The molecule has 24 heavy (non-hydrogen) atoms. The standard InChI is InChI=1S/C17H22ClFN2O3/c1-11(2)10-14(17(23)21-6-8-24-9-7-21)20-16(22)15-12(18)4-3-5-13(15)19/h3-5,11,14H,6-10H2,1-2H3,(H,20,22)/t14-/m1/s1. The van der Waals surface area contributed by atoms with Crippen molar-refractivity contribution in [3.8, 4) is 0 Å². The van der Waals surface area contributed by atoms with Crippen LogP contribution in [0, 0.1) is 11.7 Å². The van der Waals surface area contributed by atoms with E-state index in [1.54, 1.807) is 4.90 Å². The molecule has 1 heterocycles. The molecule has 0 unspecified atom stereocenters. The smallest absolute Gasteiger partial charge is 0.256 e. The van der Waals surface area contributed by atoms with Gasteiger partial charge >= 0.3 is 0 Å². The van der Waals surface area contributed by atoms with Gasteiger partial charge in [-0.3, -0.25) is 9.59 Å². The van der Waals surface area contributed by atoms with E-state index in [-0.39, 0.29) is 22.4 Å². The summed E-state index contributed by atoms with van der Waals surface area (Å²) < 4.78 is 19.2. The van der Waals surface area contributed by atoms with E-state index in [9.17, 15) is 14.0 Å². The molecule has 1 fully saturated rings. The number of nitrogens with zero attached hydrogens (tertiary/aromatic N) is 1. The first-order valence-corrected chi connectivity index (χ1v) is 8.39. The summed E-state index contributed by atoms with van der Waals surface area (Å²) in [6.07, 6.45) is 0.466. The molecule has 1 saturated heterocycles. The Hall–Kier alpha value is -1.66. The van der Waals surface area contributed by atoms with E-state index in [2.05, 4.69) is 5.32 Å². The third-order valence-corrected chi connectivity index (χ3v) is 4.14. The largest absolute Gasteiger partial charge is 0.378 e. The molecule has 0 aromatic heterocycles. The van der Waals surface area contributed by atoms with Gasteiger partial charge < -0.3 is 15.0 Å². The van der Waals surface area contributed by atoms with Gasteiger partial charge in [-0.25, -0.2) is 4.39 Å². The lowest BCUT2D eigenvalue weighted by Crippen LogP contribution is -2.52. The molecule has 0 aliphatic carbocycles. The van der Waals surface area contributed by atoms with Gasteiger partial charge in [-0.05, 0) is 24.5 Å². The first-order valence-electron chi connectivity index (χ1n) is 8.01. The summed E-state index contributed by atoms with van der Waals surface area (Å²) in [6, 6.07) is 3.33. The van der Waals surface area contributed by atoms with Crippen molar-refractivity contribution in [1.29, 1.82) is 0 Å². The average Bonchev–Trinajstić information content (AvgIpc) is 2.54. The average molecular weight is 357 g/mol. The van der Waals surface area contributed by atoms with E-state index in [1.165, 1.54) is 18.2 Å². The van der Waals surface area contributed by atoms with Crippen LogP contribution >= 0.6 is 11.6 Å². The van der Waals surface area contributed by atoms with Crippen LogP contribution < -0.4 is 5.32 Å². The Kier molecular flexibility index (Phi) is 6.57. The molecule has 2 rings (SSSR count). The lowest BCUT2D eigenvalue weighted by Gasteiger charge is -2.31. The van der Waals surface area contributed by atoms with Crippen molar-refractivity contribution in [3.05, 3.63) is 34.6 Å². The predicted octanol–water partition coefficient (Wildman–Crippen LogP) is 2.48. The van der Waals surface area contributed by atoms with Crippen LogP contribution in [0.3, 0.4) is 0 Å². The highest BCUT2D eigenvalue weighted by Gasteiger charge is 2.29. The molecule has 1 aromatic rings. The van der Waals surface area contributed by atoms with Gasteiger partial charge in [-0.15, -0.1) is 0 Å². The third-order valence-electron chi connectivity index (χ3n) is 3.82. The lowest BCUT2D eigenvalue weighted by atomic mass is 10.0. The van der Waals surface area contributed by atoms with E-state index in [1.807, 2.05) is 13.8 Å². The molecule has 5 nitrogen and oxygen atoms in total. The second kappa shape index (κ2) is 8.44. The molecule has 0 bridgehead atoms. The minimum Gasteiger partial charge on any atom is -0.378 e. The predicted molar refractivity (Wildman–Crippen MR) is 89.5 cm³/mol. The van der Waals surface area contributed by atoms with Crippen molar-refractivity contribution >= 4 is 23.4 Å². The van der Waals surface area contributed by atoms with Crippen LogP contribution in [-0.4, -0.2) is 49.1 Å². The molecular formula is C17H22ClFN2O3. The number of hydrogen-bond acceptors (Lipinski definition) is 3. The molecule has 1 aliphatic heterocycles. The summed E-state index contributed by atoms with van der Waals surface area (Å²) in [5.41, 5.74) is -0.234. The van der Waals surface area contributed by atoms with E-state index in [4.69, 9.17) is 16.3 Å². The van der Waals surface area contributed by atoms with Crippen molar-refractivity contribution in [1.82, 2.24) is 10.2 Å². The number of halogens is 2. The molecule has 1 aromatic carbocycles. The van der Waals surface area contributed by atoms with Crippen LogP contribution in [0.4, 0.5) is 4.39 Å². The molecule has 0 saturated carbocycles. The van der Waals surface area contributed by atoms with Gasteiger partial charge in [0.15, 0.2) is 0 Å². The summed E-state index contributed by atoms with van der Waals surface area (Å²) in [4.78, 5) is 26.8. The number of morpholine rings is 1. The van der Waals surface area contributed by atoms with Crippen molar-refractivity contribution < 1.29 is 18.7 Å². The number of ether oxygens (including phenoxy) is 1. The van der Waals surface area contributed by atoms with Gasteiger partial charge in [0.2, 0.25) is 5.91 Å². The van der Waals surface area contributed by atoms with E-state index < -0.39 is 17.8 Å². The molecule has 2 amide bonds. The number of benzene rings is 1. The van der Waals surface area contributed by atoms with Gasteiger partial charge in [0.1, 0.15) is 11.9 Å². The van der Waals surface area contributed by atoms with Crippen molar-refractivity contribution in [2.24, 2.45) is 5.92 Å². The summed E-state index contributed by atoms with van der Waals surface area (Å²) in [6.45, 7) is 5.86. The van der Waals surface area contributed by atoms with E-state index >= 15 is 0 Å². The summed E-state index contributed by atoms with van der Waals surface area (Å²) in [5.74, 6) is -1.36. The molecular weight excluding hydrogens is 335 g/mol. The fourth-order valence-corrected chi connectivity index (χ4v) is 2.89. The first kappa shape index (κ1) is 18.7. The highest BCUT2D eigenvalue weighted by molar-refractivity contribution is 6.33. The molecule has 7 heteroatoms. The molecule has 0 spiro atoms. The number of carbonyl (C=O) groups excluding carboxylic acids is 2. The highest BCUT2D eigenvalue weighted by atomic mass is 35.5. The topological polar surface area (TPSA) is 58.6 Å². The monoisotopic (exact) mass is 356 g/mol. The second-order valence-corrected chi connectivity index (χ2v) is 6.60. The zero-order chi connectivity index (χ0) is 17.7. The van der Waals surface area contributed by atoms with Crippen molar-refractivity contribution in [3.63, 3.8) is 0 Å². The maximum Gasteiger partial charge on any atom is 0.256 e. The summed E-state index contributed by atoms with van der Waals surface area (Å²) >= 11 is 5.93. The van der Waals surface area contributed by atoms with Gasteiger partial charge in [-0.2, -0.15) is 0 Å². The first-order chi connectivity index (χ1) is 11.4. The fourth-order valence-electron chi connectivity index (χ4n) is 2.64. The zero-order valence-corrected chi connectivity index (χ0v) is 14.6. The lowest BCUT2D eigenvalue weighted by molar-refractivity contribution is -0.137. The molecule has 1 N–H and O–H groups in total. The quantitative estimate of drug-likeness (QED) is 0.881. The van der Waals surface area contributed by atoms with Crippen molar-refractivity contribution in [2.45, 2.75) is 26.3 Å². The maximum atomic E-state index is 13.9. The van der Waals surface area contributed by atoms with Crippen LogP contribution in [0.5, 0.6) is 0 Å². The Bertz CT molecular complexity index is 583. The Morgan fingerprint density at radius 2 is 2.00 bits per heavy atom. The minimum absolute atomic E-state index is 0.0228. The Labute approximate surface area is 146 Å². The summed E-state index contributed by atoms with van der Waals surface area (Å²) in [5, 5.41) is 2.67. The highest BCUT2D eigenvalue weighted by Crippen LogP contribution is 2.19. The number of rotatable bonds is 5. The van der Waals surface area contributed by atoms with Crippen LogP contribution in [0.2, 0.25) is 5.02 Å². The Morgan fingerprint density at radius 1 is 1.33 bits per heavy atom.